The molecule has 0 fully saturated rings. The fraction of sp³-hybridized carbons (Fsp3) is 0.685. The Morgan fingerprint density at radius 2 is 0.768 bits per heavy atom. The van der Waals surface area contributed by atoms with Crippen LogP contribution in [-0.4, -0.2) is 5.71 Å². The van der Waals surface area contributed by atoms with Crippen molar-refractivity contribution in [2.75, 3.05) is 0 Å². The van der Waals surface area contributed by atoms with E-state index in [2.05, 4.69) is 99.6 Å². The molecule has 0 aliphatic rings. The van der Waals surface area contributed by atoms with Gasteiger partial charge in [0, 0.05) is 0 Å². The Bertz CT molecular complexity index is 1270. The Balaban J connectivity index is 0. The van der Waals surface area contributed by atoms with Crippen molar-refractivity contribution in [2.45, 2.75) is 243 Å². The van der Waals surface area contributed by atoms with Crippen LogP contribution in [0.5, 0.6) is 0 Å². The van der Waals surface area contributed by atoms with Gasteiger partial charge in [0.05, 0.1) is 5.69 Å². The molecule has 1 radical (unpaired) electrons. The topological polar surface area (TPSA) is 12.4 Å². The van der Waals surface area contributed by atoms with Crippen molar-refractivity contribution in [3.8, 4) is 0 Å². The third-order valence-electron chi connectivity index (χ3n) is 11.0. The number of unbranched alkanes of at least 4 members (excludes halogenated alkanes) is 14. The Hall–Kier alpha value is -1.66. The molecule has 0 spiro atoms. The van der Waals surface area contributed by atoms with E-state index >= 15 is 0 Å². The molecule has 0 heterocycles. The maximum atomic E-state index is 5.45. The third-order valence-corrected chi connectivity index (χ3v) is 11.0. The smallest absolute Gasteiger partial charge is 0.346 e. The molecule has 0 N–H and O–H groups in total. The van der Waals surface area contributed by atoms with Gasteiger partial charge in [0.2, 0.25) is 0 Å². The van der Waals surface area contributed by atoms with Gasteiger partial charge in [-0.1, -0.05) is 175 Å². The quantitative estimate of drug-likeness (QED) is 0.0322. The largest absolute Gasteiger partial charge is 3.00 e. The maximum absolute atomic E-state index is 5.45. The molecule has 2 aromatic rings. The van der Waals surface area contributed by atoms with Crippen molar-refractivity contribution in [2.24, 2.45) is 4.99 Å². The Labute approximate surface area is 362 Å². The van der Waals surface area contributed by atoms with Gasteiger partial charge in [-0.25, -0.2) is 0 Å². The third kappa shape index (κ3) is 23.7. The molecule has 2 rings (SSSR count). The Kier molecular flexibility index (Phi) is 39.1. The second kappa shape index (κ2) is 38.8. The first-order chi connectivity index (χ1) is 27.0. The summed E-state index contributed by atoms with van der Waals surface area (Å²) in [7, 11) is 0. The summed E-state index contributed by atoms with van der Waals surface area (Å²) in [6.07, 6.45) is 38.3. The summed E-state index contributed by atoms with van der Waals surface area (Å²) >= 11 is 0. The van der Waals surface area contributed by atoms with Crippen LogP contribution < -0.4 is 0 Å². The van der Waals surface area contributed by atoms with E-state index in [-0.39, 0.29) is 16.5 Å². The Morgan fingerprint density at radius 1 is 0.446 bits per heavy atom. The summed E-state index contributed by atoms with van der Waals surface area (Å²) in [5, 5.41) is 0. The van der Waals surface area contributed by atoms with E-state index in [1.807, 2.05) is 0 Å². The molecule has 0 atom stereocenters. The van der Waals surface area contributed by atoms with E-state index in [0.29, 0.717) is 0 Å². The van der Waals surface area contributed by atoms with E-state index in [1.165, 1.54) is 189 Å². The standard InChI is InChI=1S/C50H82N.2C2H5.Ni/c1-9-16-22-24-26-28-32-44-38-42(37-43(30-18-11-3)48(44)34-20-13-5)36-41(8)50(15-7)51-47-39-45(31-19-12-4)49(35-21-14-6)46(40-47)33-29-27-25-23-17-10-2;2*1-2;/h37-40H,9-35H2,1-8H3;2*1H2,2H3;/q3*-1;+3. The summed E-state index contributed by atoms with van der Waals surface area (Å²) in [6.45, 7) is 28.5. The second-order valence-electron chi connectivity index (χ2n) is 15.6. The monoisotopic (exact) mass is 813 g/mol. The second-order valence-corrected chi connectivity index (χ2v) is 15.6. The minimum absolute atomic E-state index is 0. The molecule has 0 bridgehead atoms. The van der Waals surface area contributed by atoms with Gasteiger partial charge in [0.25, 0.3) is 0 Å². The van der Waals surface area contributed by atoms with E-state index in [4.69, 9.17) is 4.99 Å². The molecule has 0 saturated carbocycles. The molecule has 0 amide bonds. The van der Waals surface area contributed by atoms with Crippen LogP contribution in [0.3, 0.4) is 0 Å². The van der Waals surface area contributed by atoms with Gasteiger partial charge < -0.3 is 18.8 Å². The van der Waals surface area contributed by atoms with Crippen LogP contribution in [0.4, 0.5) is 5.69 Å². The summed E-state index contributed by atoms with van der Waals surface area (Å²) < 4.78 is 0. The summed E-state index contributed by atoms with van der Waals surface area (Å²) in [5.74, 6) is 0. The van der Waals surface area contributed by atoms with Crippen molar-refractivity contribution < 1.29 is 16.5 Å². The molecule has 0 aliphatic heterocycles. The van der Waals surface area contributed by atoms with Crippen molar-refractivity contribution in [3.05, 3.63) is 88.7 Å². The molecule has 323 valence electrons. The van der Waals surface area contributed by atoms with E-state index < -0.39 is 0 Å². The first-order valence-corrected chi connectivity index (χ1v) is 23.8. The molecular weight excluding hydrogens is 721 g/mol. The molecule has 0 aliphatic carbocycles. The SMILES string of the molecule is CCCCCCCCc1cc([C-]=C(C)C(CC)=Nc2cc(CCCC)c(CCCC)c(CCCCCCCC)c2)cc(CCCC)c1CCCC.[CH2-]C.[CH2-]C.[Ni+3]. The molecule has 2 heteroatoms. The zero-order chi connectivity index (χ0) is 41.1. The number of nitrogens with zero attached hydrogens (tertiary/aromatic N) is 1. The van der Waals surface area contributed by atoms with Crippen molar-refractivity contribution >= 4 is 11.4 Å². The van der Waals surface area contributed by atoms with Gasteiger partial charge >= 0.3 is 16.5 Å². The van der Waals surface area contributed by atoms with Gasteiger partial charge in [0.15, 0.2) is 0 Å². The van der Waals surface area contributed by atoms with E-state index in [0.717, 1.165) is 6.42 Å². The molecule has 2 aromatic carbocycles. The minimum Gasteiger partial charge on any atom is -0.346 e. The van der Waals surface area contributed by atoms with Gasteiger partial charge in [-0.3, -0.25) is 0 Å². The summed E-state index contributed by atoms with van der Waals surface area (Å²) in [6, 6.07) is 9.93. The van der Waals surface area contributed by atoms with E-state index in [9.17, 15) is 0 Å². The number of hydrogen-bond acceptors (Lipinski definition) is 1. The molecule has 0 aromatic heterocycles. The molecule has 1 nitrogen and oxygen atoms in total. The van der Waals surface area contributed by atoms with Crippen LogP contribution in [-0.2, 0) is 55.0 Å². The normalized spacial score (nSPS) is 11.4. The Morgan fingerprint density at radius 3 is 1.14 bits per heavy atom. The van der Waals surface area contributed by atoms with Crippen molar-refractivity contribution in [1.82, 2.24) is 0 Å². The summed E-state index contributed by atoms with van der Waals surface area (Å²) in [4.78, 5) is 5.45. The van der Waals surface area contributed by atoms with Crippen LogP contribution in [0.25, 0.3) is 0 Å². The van der Waals surface area contributed by atoms with Gasteiger partial charge in [-0.2, -0.15) is 13.8 Å². The summed E-state index contributed by atoms with van der Waals surface area (Å²) in [5.41, 5.74) is 14.5. The van der Waals surface area contributed by atoms with Gasteiger partial charge in [0.1, 0.15) is 0 Å². The zero-order valence-electron chi connectivity index (χ0n) is 39.1. The number of aliphatic imine (C=N–C) groups is 1. The van der Waals surface area contributed by atoms with Crippen LogP contribution in [0, 0.1) is 19.9 Å². The van der Waals surface area contributed by atoms with Crippen molar-refractivity contribution in [3.63, 3.8) is 0 Å². The number of benzene rings is 2. The van der Waals surface area contributed by atoms with Gasteiger partial charge in [-0.05, 0) is 105 Å². The van der Waals surface area contributed by atoms with Crippen LogP contribution in [0.1, 0.15) is 243 Å². The minimum atomic E-state index is 0. The number of rotatable bonds is 30. The molecule has 0 unspecified atom stereocenters. The predicted molar refractivity (Wildman–Crippen MR) is 252 cm³/mol. The zero-order valence-corrected chi connectivity index (χ0v) is 40.1. The fourth-order valence-electron chi connectivity index (χ4n) is 7.75. The number of allylic oxidation sites excluding steroid dienone is 1. The molecular formula is C54H92NNi. The molecule has 56 heavy (non-hydrogen) atoms. The average molecular weight is 814 g/mol. The van der Waals surface area contributed by atoms with Crippen LogP contribution >= 0.6 is 0 Å². The van der Waals surface area contributed by atoms with Gasteiger partial charge in [-0.15, -0.1) is 29.3 Å². The average Bonchev–Trinajstić information content (AvgIpc) is 3.21. The predicted octanol–water partition coefficient (Wildman–Crippen LogP) is 17.8. The number of hydrogen-bond donors (Lipinski definition) is 0. The van der Waals surface area contributed by atoms with Crippen LogP contribution in [0.2, 0.25) is 0 Å². The number of aryl methyl sites for hydroxylation is 4. The van der Waals surface area contributed by atoms with E-state index in [1.54, 1.807) is 47.2 Å². The first kappa shape index (κ1) is 56.4. The van der Waals surface area contributed by atoms with Crippen LogP contribution in [0.15, 0.2) is 34.8 Å². The first-order valence-electron chi connectivity index (χ1n) is 23.8. The van der Waals surface area contributed by atoms with Crippen molar-refractivity contribution in [1.29, 1.82) is 0 Å². The fourth-order valence-corrected chi connectivity index (χ4v) is 7.75. The maximum Gasteiger partial charge on any atom is 3.00 e. The molecule has 0 saturated heterocycles.